The zero-order valence-corrected chi connectivity index (χ0v) is 8.33. The van der Waals surface area contributed by atoms with Gasteiger partial charge in [-0.1, -0.05) is 6.58 Å². The van der Waals surface area contributed by atoms with E-state index in [1.54, 1.807) is 13.8 Å². The Morgan fingerprint density at radius 1 is 1.46 bits per heavy atom. The maximum Gasteiger partial charge on any atom is 0.336 e. The second-order valence-corrected chi connectivity index (χ2v) is 2.81. The van der Waals surface area contributed by atoms with Gasteiger partial charge in [-0.2, -0.15) is 0 Å². The average molecular weight is 188 g/mol. The van der Waals surface area contributed by atoms with Gasteiger partial charge in [0.05, 0.1) is 18.3 Å². The number of ether oxygens (including phenoxy) is 3. The first kappa shape index (κ1) is 12.1. The molecule has 0 aromatic heterocycles. The van der Waals surface area contributed by atoms with Crippen LogP contribution in [0.25, 0.3) is 0 Å². The first-order valence-corrected chi connectivity index (χ1v) is 4.03. The van der Waals surface area contributed by atoms with Crippen molar-refractivity contribution in [2.24, 2.45) is 0 Å². The molecule has 0 heterocycles. The van der Waals surface area contributed by atoms with E-state index in [2.05, 4.69) is 11.3 Å². The highest BCUT2D eigenvalue weighted by molar-refractivity contribution is 5.88. The summed E-state index contributed by atoms with van der Waals surface area (Å²) < 4.78 is 14.4. The molecule has 0 aliphatic heterocycles. The summed E-state index contributed by atoms with van der Waals surface area (Å²) in [6.07, 6.45) is -0.133. The van der Waals surface area contributed by atoms with Gasteiger partial charge in [-0.3, -0.25) is 0 Å². The highest BCUT2D eigenvalue weighted by atomic mass is 16.7. The molecule has 0 atom stereocenters. The van der Waals surface area contributed by atoms with Gasteiger partial charge in [0.1, 0.15) is 6.79 Å². The van der Waals surface area contributed by atoms with E-state index in [-0.39, 0.29) is 19.5 Å². The first-order chi connectivity index (χ1) is 6.07. The van der Waals surface area contributed by atoms with Crippen LogP contribution in [-0.4, -0.2) is 32.6 Å². The Morgan fingerprint density at radius 2 is 2.08 bits per heavy atom. The molecule has 0 saturated carbocycles. The molecule has 0 bridgehead atoms. The zero-order chi connectivity index (χ0) is 10.3. The van der Waals surface area contributed by atoms with Crippen molar-refractivity contribution in [2.75, 3.05) is 20.5 Å². The molecule has 4 nitrogen and oxygen atoms in total. The fourth-order valence-electron chi connectivity index (χ4n) is 0.605. The summed E-state index contributed by atoms with van der Waals surface area (Å²) in [6, 6.07) is 0. The zero-order valence-electron chi connectivity index (χ0n) is 8.33. The highest BCUT2D eigenvalue weighted by Crippen LogP contribution is 1.99. The smallest absolute Gasteiger partial charge is 0.336 e. The standard InChI is InChI=1S/C9H16O4/c1-7(2)13-9(10)8(3)5-12-6-11-4/h7H,3,5-6H2,1-2,4H3. The molecule has 0 N–H and O–H groups in total. The van der Waals surface area contributed by atoms with Crippen molar-refractivity contribution >= 4 is 5.97 Å². The second kappa shape index (κ2) is 6.62. The van der Waals surface area contributed by atoms with E-state index < -0.39 is 5.97 Å². The van der Waals surface area contributed by atoms with Crippen LogP contribution in [0.1, 0.15) is 13.8 Å². The third-order valence-electron chi connectivity index (χ3n) is 1.11. The van der Waals surface area contributed by atoms with Gasteiger partial charge in [-0.05, 0) is 13.8 Å². The van der Waals surface area contributed by atoms with Crippen molar-refractivity contribution in [3.63, 3.8) is 0 Å². The van der Waals surface area contributed by atoms with Gasteiger partial charge in [-0.15, -0.1) is 0 Å². The van der Waals surface area contributed by atoms with Crippen molar-refractivity contribution < 1.29 is 19.0 Å². The van der Waals surface area contributed by atoms with Crippen LogP contribution in [0.5, 0.6) is 0 Å². The Morgan fingerprint density at radius 3 is 2.54 bits per heavy atom. The van der Waals surface area contributed by atoms with Crippen LogP contribution >= 0.6 is 0 Å². The van der Waals surface area contributed by atoms with Crippen LogP contribution in [0.2, 0.25) is 0 Å². The molecule has 0 spiro atoms. The normalized spacial score (nSPS) is 10.2. The molecular weight excluding hydrogens is 172 g/mol. The molecular formula is C9H16O4. The maximum atomic E-state index is 11.1. The molecule has 0 aromatic carbocycles. The van der Waals surface area contributed by atoms with E-state index in [4.69, 9.17) is 9.47 Å². The predicted molar refractivity (Wildman–Crippen MR) is 48.2 cm³/mol. The Bertz CT molecular complexity index is 174. The Balaban J connectivity index is 3.64. The van der Waals surface area contributed by atoms with Crippen LogP contribution in [0.15, 0.2) is 12.2 Å². The number of rotatable bonds is 6. The minimum absolute atomic E-state index is 0.133. The van der Waals surface area contributed by atoms with Crippen LogP contribution in [0, 0.1) is 0 Å². The van der Waals surface area contributed by atoms with Crippen LogP contribution in [-0.2, 0) is 19.0 Å². The topological polar surface area (TPSA) is 44.8 Å². The van der Waals surface area contributed by atoms with Crippen molar-refractivity contribution in [1.82, 2.24) is 0 Å². The summed E-state index contributed by atoms with van der Waals surface area (Å²) in [5, 5.41) is 0. The Kier molecular flexibility index (Phi) is 6.18. The first-order valence-electron chi connectivity index (χ1n) is 4.03. The highest BCUT2D eigenvalue weighted by Gasteiger charge is 2.09. The summed E-state index contributed by atoms with van der Waals surface area (Å²) in [7, 11) is 1.51. The second-order valence-electron chi connectivity index (χ2n) is 2.81. The quantitative estimate of drug-likeness (QED) is 0.271. The summed E-state index contributed by atoms with van der Waals surface area (Å²) in [5.41, 5.74) is 0.297. The summed E-state index contributed by atoms with van der Waals surface area (Å²) in [5.74, 6) is -0.425. The van der Waals surface area contributed by atoms with Crippen molar-refractivity contribution in [2.45, 2.75) is 20.0 Å². The molecule has 13 heavy (non-hydrogen) atoms. The van der Waals surface area contributed by atoms with E-state index in [9.17, 15) is 4.79 Å². The van der Waals surface area contributed by atoms with Crippen LogP contribution < -0.4 is 0 Å². The van der Waals surface area contributed by atoms with Crippen molar-refractivity contribution in [3.8, 4) is 0 Å². The largest absolute Gasteiger partial charge is 0.460 e. The number of esters is 1. The number of carbonyl (C=O) groups is 1. The molecule has 0 radical (unpaired) electrons. The van der Waals surface area contributed by atoms with Gasteiger partial charge in [0.15, 0.2) is 0 Å². The number of hydrogen-bond donors (Lipinski definition) is 0. The van der Waals surface area contributed by atoms with E-state index in [0.29, 0.717) is 5.57 Å². The number of methoxy groups -OCH3 is 1. The molecule has 0 amide bonds. The molecule has 0 saturated heterocycles. The molecule has 0 aromatic rings. The summed E-state index contributed by atoms with van der Waals surface area (Å²) in [6.45, 7) is 7.37. The monoisotopic (exact) mass is 188 g/mol. The lowest BCUT2D eigenvalue weighted by molar-refractivity contribution is -0.143. The van der Waals surface area contributed by atoms with Crippen molar-refractivity contribution in [3.05, 3.63) is 12.2 Å². The lowest BCUT2D eigenvalue weighted by Gasteiger charge is -2.09. The molecule has 0 fully saturated rings. The van der Waals surface area contributed by atoms with Gasteiger partial charge in [0, 0.05) is 7.11 Å². The number of carbonyl (C=O) groups excluding carboxylic acids is 1. The minimum Gasteiger partial charge on any atom is -0.460 e. The number of hydrogen-bond acceptors (Lipinski definition) is 4. The Hall–Kier alpha value is -0.870. The fraction of sp³-hybridized carbons (Fsp3) is 0.667. The van der Waals surface area contributed by atoms with E-state index >= 15 is 0 Å². The Labute approximate surface area is 78.5 Å². The lowest BCUT2D eigenvalue weighted by Crippen LogP contribution is -2.16. The van der Waals surface area contributed by atoms with Gasteiger partial charge in [0.25, 0.3) is 0 Å². The molecule has 76 valence electrons. The molecule has 4 heteroatoms. The molecule has 0 aliphatic rings. The molecule has 0 aliphatic carbocycles. The third kappa shape index (κ3) is 6.31. The predicted octanol–water partition coefficient (Wildman–Crippen LogP) is 1.11. The molecule has 0 rings (SSSR count). The van der Waals surface area contributed by atoms with Crippen LogP contribution in [0.4, 0.5) is 0 Å². The fourth-order valence-corrected chi connectivity index (χ4v) is 0.605. The summed E-state index contributed by atoms with van der Waals surface area (Å²) in [4.78, 5) is 11.1. The van der Waals surface area contributed by atoms with E-state index in [0.717, 1.165) is 0 Å². The lowest BCUT2D eigenvalue weighted by atomic mass is 10.3. The third-order valence-corrected chi connectivity index (χ3v) is 1.11. The van der Waals surface area contributed by atoms with E-state index in [1.165, 1.54) is 7.11 Å². The van der Waals surface area contributed by atoms with Crippen molar-refractivity contribution in [1.29, 1.82) is 0 Å². The minimum atomic E-state index is -0.425. The van der Waals surface area contributed by atoms with Gasteiger partial charge < -0.3 is 14.2 Å². The SMILES string of the molecule is C=C(COCOC)C(=O)OC(C)C. The summed E-state index contributed by atoms with van der Waals surface area (Å²) >= 11 is 0. The van der Waals surface area contributed by atoms with Gasteiger partial charge in [0.2, 0.25) is 0 Å². The maximum absolute atomic E-state index is 11.1. The average Bonchev–Trinajstić information content (AvgIpc) is 2.03. The van der Waals surface area contributed by atoms with Gasteiger partial charge >= 0.3 is 5.97 Å². The van der Waals surface area contributed by atoms with E-state index in [1.807, 2.05) is 0 Å². The van der Waals surface area contributed by atoms with Crippen LogP contribution in [0.3, 0.4) is 0 Å². The van der Waals surface area contributed by atoms with Gasteiger partial charge in [-0.25, -0.2) is 4.79 Å². The molecule has 0 unspecified atom stereocenters.